The largest absolute Gasteiger partial charge is 0.489 e. The van der Waals surface area contributed by atoms with Crippen molar-refractivity contribution in [3.8, 4) is 5.75 Å². The van der Waals surface area contributed by atoms with E-state index in [1.165, 1.54) is 18.2 Å². The van der Waals surface area contributed by atoms with E-state index in [9.17, 15) is 8.78 Å². The summed E-state index contributed by atoms with van der Waals surface area (Å²) in [4.78, 5) is 0. The molecule has 0 aliphatic rings. The van der Waals surface area contributed by atoms with Crippen molar-refractivity contribution in [2.24, 2.45) is 5.73 Å². The van der Waals surface area contributed by atoms with E-state index in [1.807, 2.05) is 0 Å². The van der Waals surface area contributed by atoms with Crippen LogP contribution in [0.25, 0.3) is 0 Å². The number of halogens is 2. The molecule has 2 rings (SSSR count). The first-order valence-electron chi connectivity index (χ1n) is 5.56. The fraction of sp³-hybridized carbons (Fsp3) is 0.143. The molecule has 2 nitrogen and oxygen atoms in total. The van der Waals surface area contributed by atoms with Crippen molar-refractivity contribution in [1.82, 2.24) is 0 Å². The number of benzene rings is 2. The van der Waals surface area contributed by atoms with Crippen LogP contribution in [0.5, 0.6) is 5.75 Å². The Kier molecular flexibility index (Phi) is 3.89. The van der Waals surface area contributed by atoms with Gasteiger partial charge in [-0.2, -0.15) is 0 Å². The first kappa shape index (κ1) is 12.5. The van der Waals surface area contributed by atoms with Crippen LogP contribution in [-0.2, 0) is 0 Å². The molecule has 0 amide bonds. The fourth-order valence-corrected chi connectivity index (χ4v) is 1.61. The lowest BCUT2D eigenvalue weighted by atomic mass is 10.1. The van der Waals surface area contributed by atoms with Crippen LogP contribution in [0.4, 0.5) is 8.78 Å². The minimum absolute atomic E-state index is 0.0157. The zero-order valence-electron chi connectivity index (χ0n) is 9.64. The summed E-state index contributed by atoms with van der Waals surface area (Å²) in [6.45, 7) is 0.0157. The summed E-state index contributed by atoms with van der Waals surface area (Å²) < 4.78 is 32.0. The zero-order valence-corrected chi connectivity index (χ0v) is 9.64. The molecule has 0 saturated carbocycles. The molecule has 0 aliphatic heterocycles. The number of rotatable bonds is 4. The summed E-state index contributed by atoms with van der Waals surface area (Å²) in [5.74, 6) is -0.732. The van der Waals surface area contributed by atoms with Crippen LogP contribution in [0.1, 0.15) is 11.6 Å². The van der Waals surface area contributed by atoms with Gasteiger partial charge in [-0.15, -0.1) is 0 Å². The average molecular weight is 249 g/mol. The lowest BCUT2D eigenvalue weighted by Crippen LogP contribution is -2.20. The number of ether oxygens (including phenoxy) is 1. The van der Waals surface area contributed by atoms with Gasteiger partial charge in [-0.05, 0) is 18.2 Å². The van der Waals surface area contributed by atoms with E-state index in [1.54, 1.807) is 30.3 Å². The van der Waals surface area contributed by atoms with Crippen LogP contribution in [0.2, 0.25) is 0 Å². The highest BCUT2D eigenvalue weighted by Crippen LogP contribution is 2.19. The van der Waals surface area contributed by atoms with Crippen molar-refractivity contribution in [2.75, 3.05) is 6.61 Å². The number of hydrogen-bond acceptors (Lipinski definition) is 2. The molecule has 2 N–H and O–H groups in total. The molecule has 0 aromatic heterocycles. The van der Waals surface area contributed by atoms with Gasteiger partial charge in [0.05, 0.1) is 6.04 Å². The second-order valence-corrected chi connectivity index (χ2v) is 3.87. The summed E-state index contributed by atoms with van der Waals surface area (Å²) in [6, 6.07) is 11.6. The molecule has 18 heavy (non-hydrogen) atoms. The maximum absolute atomic E-state index is 13.4. The lowest BCUT2D eigenvalue weighted by molar-refractivity contribution is 0.275. The summed E-state index contributed by atoms with van der Waals surface area (Å²) in [5, 5.41) is 0. The van der Waals surface area contributed by atoms with E-state index >= 15 is 0 Å². The van der Waals surface area contributed by atoms with E-state index in [2.05, 4.69) is 0 Å². The highest BCUT2D eigenvalue weighted by Gasteiger charge is 2.12. The molecule has 94 valence electrons. The van der Waals surface area contributed by atoms with Gasteiger partial charge in [0.15, 0.2) is 11.6 Å². The third-order valence-electron chi connectivity index (χ3n) is 2.56. The molecular formula is C14H13F2NO. The Morgan fingerprint density at radius 1 is 0.944 bits per heavy atom. The van der Waals surface area contributed by atoms with Gasteiger partial charge in [-0.1, -0.05) is 30.3 Å². The Balaban J connectivity index is 2.03. The van der Waals surface area contributed by atoms with Crippen LogP contribution < -0.4 is 10.5 Å². The van der Waals surface area contributed by atoms with Gasteiger partial charge in [-0.3, -0.25) is 0 Å². The van der Waals surface area contributed by atoms with Crippen LogP contribution in [0.3, 0.4) is 0 Å². The molecule has 0 bridgehead atoms. The standard InChI is InChI=1S/C14H13F2NO/c15-11-6-2-1-5-10(11)13(17)9-18-14-8-4-3-7-12(14)16/h1-8,13H,9,17H2. The summed E-state index contributed by atoms with van der Waals surface area (Å²) in [7, 11) is 0. The number of hydrogen-bond donors (Lipinski definition) is 1. The van der Waals surface area contributed by atoms with E-state index in [4.69, 9.17) is 10.5 Å². The number of nitrogens with two attached hydrogens (primary N) is 1. The van der Waals surface area contributed by atoms with E-state index < -0.39 is 11.9 Å². The topological polar surface area (TPSA) is 35.2 Å². The third-order valence-corrected chi connectivity index (χ3v) is 2.56. The van der Waals surface area contributed by atoms with Gasteiger partial charge in [0.1, 0.15) is 12.4 Å². The Labute approximate surface area is 104 Å². The summed E-state index contributed by atoms with van der Waals surface area (Å²) in [5.41, 5.74) is 6.16. The maximum Gasteiger partial charge on any atom is 0.165 e. The van der Waals surface area contributed by atoms with Crippen molar-refractivity contribution in [1.29, 1.82) is 0 Å². The van der Waals surface area contributed by atoms with Crippen molar-refractivity contribution in [2.45, 2.75) is 6.04 Å². The maximum atomic E-state index is 13.4. The molecular weight excluding hydrogens is 236 g/mol. The van der Waals surface area contributed by atoms with Gasteiger partial charge in [0, 0.05) is 5.56 Å². The monoisotopic (exact) mass is 249 g/mol. The molecule has 0 fully saturated rings. The second kappa shape index (κ2) is 5.60. The van der Waals surface area contributed by atoms with E-state index in [0.29, 0.717) is 5.56 Å². The second-order valence-electron chi connectivity index (χ2n) is 3.87. The molecule has 2 aromatic carbocycles. The first-order chi connectivity index (χ1) is 8.68. The molecule has 0 aliphatic carbocycles. The van der Waals surface area contributed by atoms with E-state index in [-0.39, 0.29) is 18.2 Å². The van der Waals surface area contributed by atoms with Crippen LogP contribution in [0.15, 0.2) is 48.5 Å². The van der Waals surface area contributed by atoms with Crippen LogP contribution in [-0.4, -0.2) is 6.61 Å². The minimum Gasteiger partial charge on any atom is -0.489 e. The lowest BCUT2D eigenvalue weighted by Gasteiger charge is -2.14. The predicted octanol–water partition coefficient (Wildman–Crippen LogP) is 3.04. The van der Waals surface area contributed by atoms with E-state index in [0.717, 1.165) is 0 Å². The molecule has 0 heterocycles. The van der Waals surface area contributed by atoms with Gasteiger partial charge >= 0.3 is 0 Å². The first-order valence-corrected chi connectivity index (χ1v) is 5.56. The molecule has 4 heteroatoms. The Bertz CT molecular complexity index is 531. The Morgan fingerprint density at radius 3 is 2.22 bits per heavy atom. The molecule has 1 unspecified atom stereocenters. The quantitative estimate of drug-likeness (QED) is 0.903. The van der Waals surface area contributed by atoms with Crippen molar-refractivity contribution in [3.63, 3.8) is 0 Å². The smallest absolute Gasteiger partial charge is 0.165 e. The normalized spacial score (nSPS) is 12.2. The van der Waals surface area contributed by atoms with Gasteiger partial charge in [0.2, 0.25) is 0 Å². The SMILES string of the molecule is NC(COc1ccccc1F)c1ccccc1F. The van der Waals surface area contributed by atoms with Crippen LogP contribution in [0, 0.1) is 11.6 Å². The van der Waals surface area contributed by atoms with Crippen molar-refractivity contribution in [3.05, 3.63) is 65.7 Å². The minimum atomic E-state index is -0.634. The summed E-state index contributed by atoms with van der Waals surface area (Å²) >= 11 is 0. The molecule has 0 radical (unpaired) electrons. The van der Waals surface area contributed by atoms with Gasteiger partial charge in [0.25, 0.3) is 0 Å². The average Bonchev–Trinajstić information content (AvgIpc) is 2.38. The fourth-order valence-electron chi connectivity index (χ4n) is 1.61. The van der Waals surface area contributed by atoms with Gasteiger partial charge in [-0.25, -0.2) is 8.78 Å². The Hall–Kier alpha value is -1.94. The molecule has 0 saturated heterocycles. The molecule has 2 aromatic rings. The Morgan fingerprint density at radius 2 is 1.56 bits per heavy atom. The summed E-state index contributed by atoms with van der Waals surface area (Å²) in [6.07, 6.45) is 0. The van der Waals surface area contributed by atoms with Gasteiger partial charge < -0.3 is 10.5 Å². The number of para-hydroxylation sites is 1. The molecule has 0 spiro atoms. The van der Waals surface area contributed by atoms with Crippen molar-refractivity contribution < 1.29 is 13.5 Å². The molecule has 1 atom stereocenters. The van der Waals surface area contributed by atoms with Crippen molar-refractivity contribution >= 4 is 0 Å². The van der Waals surface area contributed by atoms with Crippen LogP contribution >= 0.6 is 0 Å². The highest BCUT2D eigenvalue weighted by molar-refractivity contribution is 5.25. The zero-order chi connectivity index (χ0) is 13.0. The predicted molar refractivity (Wildman–Crippen MR) is 65.2 cm³/mol. The highest BCUT2D eigenvalue weighted by atomic mass is 19.1. The third kappa shape index (κ3) is 2.84.